The molecule has 13 heavy (non-hydrogen) atoms. The maximum Gasteiger partial charge on any atom is 0.140 e. The summed E-state index contributed by atoms with van der Waals surface area (Å²) in [6.07, 6.45) is 0.372. The van der Waals surface area contributed by atoms with Crippen LogP contribution in [0, 0.1) is 0 Å². The average Bonchev–Trinajstić information content (AvgIpc) is 2.03. The van der Waals surface area contributed by atoms with Crippen molar-refractivity contribution < 1.29 is 8.42 Å². The molecule has 1 rings (SSSR count). The molecule has 0 spiro atoms. The Morgan fingerprint density at radius 1 is 1.15 bits per heavy atom. The molecule has 0 bridgehead atoms. The van der Waals surface area contributed by atoms with E-state index in [1.54, 1.807) is 18.2 Å². The largest absolute Gasteiger partial charge is 0.232 e. The van der Waals surface area contributed by atoms with Crippen molar-refractivity contribution in [2.75, 3.05) is 5.75 Å². The van der Waals surface area contributed by atoms with Crippen LogP contribution in [0.3, 0.4) is 0 Å². The summed E-state index contributed by atoms with van der Waals surface area (Å²) in [5.41, 5.74) is 0.699. The molecule has 1 aromatic carbocycles. The van der Waals surface area contributed by atoms with E-state index in [0.29, 0.717) is 22.0 Å². The molecule has 0 aliphatic rings. The van der Waals surface area contributed by atoms with Gasteiger partial charge in [-0.3, -0.25) is 0 Å². The second-order valence-electron chi connectivity index (χ2n) is 2.51. The van der Waals surface area contributed by atoms with Crippen molar-refractivity contribution in [2.45, 2.75) is 6.42 Å². The molecule has 0 fully saturated rings. The molecule has 0 saturated heterocycles. The fourth-order valence-corrected chi connectivity index (χ4v) is 1.97. The van der Waals surface area contributed by atoms with Crippen LogP contribution in [0.4, 0.5) is 0 Å². The van der Waals surface area contributed by atoms with E-state index in [0.717, 1.165) is 0 Å². The number of rotatable bonds is 3. The van der Waals surface area contributed by atoms with Crippen molar-refractivity contribution in [3.8, 4) is 0 Å². The Balaban J connectivity index is 2.87. The summed E-state index contributed by atoms with van der Waals surface area (Å²) in [5, 5.41) is 1.04. The van der Waals surface area contributed by atoms with Crippen LogP contribution in [-0.2, 0) is 17.1 Å². The topological polar surface area (TPSA) is 34.1 Å². The normalized spacial score (nSPS) is 10.7. The molecule has 0 unspecified atom stereocenters. The number of hydrogen-bond donors (Lipinski definition) is 1. The van der Waals surface area contributed by atoms with Crippen molar-refractivity contribution >= 4 is 33.9 Å². The molecule has 5 heteroatoms. The van der Waals surface area contributed by atoms with Crippen LogP contribution in [-0.4, -0.2) is 14.2 Å². The van der Waals surface area contributed by atoms with Crippen molar-refractivity contribution in [2.24, 2.45) is 0 Å². The van der Waals surface area contributed by atoms with Gasteiger partial charge in [0.15, 0.2) is 0 Å². The van der Waals surface area contributed by atoms with Gasteiger partial charge in [0.05, 0.1) is 5.75 Å². The summed E-state index contributed by atoms with van der Waals surface area (Å²) in [5.74, 6) is 0.0821. The molecule has 72 valence electrons. The smallest absolute Gasteiger partial charge is 0.140 e. The summed E-state index contributed by atoms with van der Waals surface area (Å²) in [4.78, 5) is 0. The van der Waals surface area contributed by atoms with Gasteiger partial charge >= 0.3 is 0 Å². The van der Waals surface area contributed by atoms with Crippen LogP contribution in [0.15, 0.2) is 18.2 Å². The first kappa shape index (κ1) is 10.8. The van der Waals surface area contributed by atoms with Gasteiger partial charge in [-0.15, -0.1) is 0 Å². The lowest BCUT2D eigenvalue weighted by atomic mass is 10.2. The molecule has 0 heterocycles. The summed E-state index contributed by atoms with van der Waals surface area (Å²) in [6.45, 7) is 0. The van der Waals surface area contributed by atoms with Crippen molar-refractivity contribution in [1.82, 2.24) is 0 Å². The number of hydrogen-bond acceptors (Lipinski definition) is 2. The molecular weight excluding hydrogens is 231 g/mol. The zero-order chi connectivity index (χ0) is 9.84. The Labute approximate surface area is 88.4 Å². The van der Waals surface area contributed by atoms with Crippen LogP contribution in [0.5, 0.6) is 0 Å². The highest BCUT2D eigenvalue weighted by atomic mass is 35.5. The molecule has 0 aliphatic carbocycles. The first-order valence-corrected chi connectivity index (χ1v) is 5.78. The van der Waals surface area contributed by atoms with Crippen LogP contribution >= 0.6 is 23.2 Å². The van der Waals surface area contributed by atoms with Crippen LogP contribution in [0.1, 0.15) is 5.56 Å². The van der Waals surface area contributed by atoms with Gasteiger partial charge in [0.2, 0.25) is 0 Å². The fourth-order valence-electron chi connectivity index (χ4n) is 0.974. The third-order valence-corrected chi connectivity index (χ3v) is 2.90. The average molecular weight is 239 g/mol. The molecular formula is C8H8Cl2O2S. The van der Waals surface area contributed by atoms with Gasteiger partial charge in [-0.1, -0.05) is 29.3 Å². The van der Waals surface area contributed by atoms with E-state index >= 15 is 0 Å². The number of benzene rings is 1. The number of halogens is 2. The van der Waals surface area contributed by atoms with E-state index in [-0.39, 0.29) is 5.75 Å². The van der Waals surface area contributed by atoms with E-state index in [1.807, 2.05) is 0 Å². The lowest BCUT2D eigenvalue weighted by molar-refractivity contribution is 0.614. The highest BCUT2D eigenvalue weighted by Gasteiger charge is 2.04. The van der Waals surface area contributed by atoms with Crippen LogP contribution in [0.2, 0.25) is 10.0 Å². The van der Waals surface area contributed by atoms with Crippen LogP contribution < -0.4 is 0 Å². The van der Waals surface area contributed by atoms with E-state index in [4.69, 9.17) is 23.2 Å². The minimum atomic E-state index is -2.37. The summed E-state index contributed by atoms with van der Waals surface area (Å²) in [6, 6.07) is 5.12. The Hall–Kier alpha value is -0.250. The third-order valence-electron chi connectivity index (χ3n) is 1.61. The lowest BCUT2D eigenvalue weighted by Crippen LogP contribution is -1.95. The van der Waals surface area contributed by atoms with Crippen molar-refractivity contribution in [1.29, 1.82) is 0 Å². The zero-order valence-electron chi connectivity index (χ0n) is 6.67. The minimum absolute atomic E-state index is 0.0821. The Bertz CT molecular complexity index is 346. The van der Waals surface area contributed by atoms with Gasteiger partial charge in [-0.25, -0.2) is 8.42 Å². The summed E-state index contributed by atoms with van der Waals surface area (Å²) >= 11 is 11.7. The molecule has 0 aromatic heterocycles. The van der Waals surface area contributed by atoms with Crippen LogP contribution in [0.25, 0.3) is 0 Å². The molecule has 0 saturated carbocycles. The van der Waals surface area contributed by atoms with E-state index in [1.165, 1.54) is 0 Å². The van der Waals surface area contributed by atoms with Gasteiger partial charge in [-0.05, 0) is 24.1 Å². The quantitative estimate of drug-likeness (QED) is 0.820. The Morgan fingerprint density at radius 2 is 1.69 bits per heavy atom. The highest BCUT2D eigenvalue weighted by Crippen LogP contribution is 2.24. The number of thiol groups is 1. The van der Waals surface area contributed by atoms with Gasteiger partial charge < -0.3 is 0 Å². The van der Waals surface area contributed by atoms with E-state index in [2.05, 4.69) is 0 Å². The summed E-state index contributed by atoms with van der Waals surface area (Å²) < 4.78 is 20.7. The fraction of sp³-hybridized carbons (Fsp3) is 0.250. The maximum absolute atomic E-state index is 10.3. The SMILES string of the molecule is O=[SH](=O)CCc1c(Cl)cccc1Cl. The minimum Gasteiger partial charge on any atom is -0.232 e. The zero-order valence-corrected chi connectivity index (χ0v) is 9.07. The Morgan fingerprint density at radius 3 is 2.15 bits per heavy atom. The van der Waals surface area contributed by atoms with Gasteiger partial charge in [0, 0.05) is 10.0 Å². The molecule has 2 nitrogen and oxygen atoms in total. The molecule has 1 aromatic rings. The first-order chi connectivity index (χ1) is 6.11. The predicted octanol–water partition coefficient (Wildman–Crippen LogP) is 2.15. The van der Waals surface area contributed by atoms with Crippen molar-refractivity contribution in [3.63, 3.8) is 0 Å². The van der Waals surface area contributed by atoms with E-state index in [9.17, 15) is 8.42 Å². The van der Waals surface area contributed by atoms with Gasteiger partial charge in [0.1, 0.15) is 10.7 Å². The predicted molar refractivity (Wildman–Crippen MR) is 55.3 cm³/mol. The van der Waals surface area contributed by atoms with E-state index < -0.39 is 10.7 Å². The first-order valence-electron chi connectivity index (χ1n) is 3.66. The maximum atomic E-state index is 10.3. The Kier molecular flexibility index (Phi) is 4.03. The van der Waals surface area contributed by atoms with Gasteiger partial charge in [0.25, 0.3) is 0 Å². The standard InChI is InChI=1S/C8H8Cl2O2S/c9-7-2-1-3-8(10)6(7)4-5-13(11)12/h1-3,13H,4-5H2. The third kappa shape index (κ3) is 3.18. The molecule has 0 atom stereocenters. The highest BCUT2D eigenvalue weighted by molar-refractivity contribution is 7.72. The molecule has 0 radical (unpaired) electrons. The molecule has 0 amide bonds. The molecule has 0 aliphatic heterocycles. The van der Waals surface area contributed by atoms with Crippen molar-refractivity contribution in [3.05, 3.63) is 33.8 Å². The molecule has 0 N–H and O–H groups in total. The monoisotopic (exact) mass is 238 g/mol. The second-order valence-corrected chi connectivity index (χ2v) is 4.43. The second kappa shape index (κ2) is 4.84. The lowest BCUT2D eigenvalue weighted by Gasteiger charge is -2.03. The summed E-state index contributed by atoms with van der Waals surface area (Å²) in [7, 11) is -2.37. The van der Waals surface area contributed by atoms with Gasteiger partial charge in [-0.2, -0.15) is 0 Å².